The summed E-state index contributed by atoms with van der Waals surface area (Å²) in [5.74, 6) is 2.02. The zero-order valence-corrected chi connectivity index (χ0v) is 16.4. The normalized spacial score (nSPS) is 37.7. The van der Waals surface area contributed by atoms with Crippen molar-refractivity contribution in [1.29, 1.82) is 0 Å². The molecule has 3 rings (SSSR count). The first kappa shape index (κ1) is 17.7. The molecular formula is C20H36O2Si. The molecule has 132 valence electrons. The average Bonchev–Trinajstić information content (AvgIpc) is 2.58. The first-order valence-corrected chi connectivity index (χ1v) is 12.7. The van der Waals surface area contributed by atoms with Crippen molar-refractivity contribution in [3.8, 4) is 0 Å². The Bertz CT molecular complexity index is 421. The van der Waals surface area contributed by atoms with Crippen LogP contribution in [0.1, 0.15) is 65.7 Å². The molecule has 0 radical (unpaired) electrons. The molecule has 0 aliphatic heterocycles. The molecule has 3 aliphatic carbocycles. The molecule has 0 aromatic carbocycles. The van der Waals surface area contributed by atoms with E-state index < -0.39 is 8.32 Å². The second-order valence-electron chi connectivity index (χ2n) is 8.21. The standard InChI is InChI=1S/C20H36O2Si/c1-4-23(5-2,6-3)22-19-13-11-15-10-12-17(21)14-16-8-7-9-18(15)20(16)19/h9,15-17,19-21H,4-8,10-14H2,1-3H3/t15-,16-,17+,19+,20-/m1/s1. The molecule has 5 atom stereocenters. The van der Waals surface area contributed by atoms with Crippen molar-refractivity contribution >= 4 is 8.32 Å². The van der Waals surface area contributed by atoms with Crippen molar-refractivity contribution in [1.82, 2.24) is 0 Å². The maximum Gasteiger partial charge on any atom is 0.192 e. The Kier molecular flexibility index (Phi) is 5.70. The smallest absolute Gasteiger partial charge is 0.192 e. The summed E-state index contributed by atoms with van der Waals surface area (Å²) in [6, 6.07) is 3.75. The third kappa shape index (κ3) is 3.47. The van der Waals surface area contributed by atoms with Gasteiger partial charge < -0.3 is 9.53 Å². The number of aliphatic hydroxyl groups excluding tert-OH is 1. The lowest BCUT2D eigenvalue weighted by Gasteiger charge is -2.49. The van der Waals surface area contributed by atoms with E-state index in [1.807, 2.05) is 0 Å². The van der Waals surface area contributed by atoms with Crippen molar-refractivity contribution in [2.24, 2.45) is 17.8 Å². The minimum atomic E-state index is -1.54. The summed E-state index contributed by atoms with van der Waals surface area (Å²) in [6.07, 6.45) is 11.2. The number of allylic oxidation sites excluding steroid dienone is 1. The molecule has 0 saturated heterocycles. The summed E-state index contributed by atoms with van der Waals surface area (Å²) < 4.78 is 7.00. The lowest BCUT2D eigenvalue weighted by molar-refractivity contribution is 0.0170. The van der Waals surface area contributed by atoms with Gasteiger partial charge in [0.15, 0.2) is 8.32 Å². The fourth-order valence-corrected chi connectivity index (χ4v) is 8.52. The molecule has 2 saturated carbocycles. The van der Waals surface area contributed by atoms with Crippen molar-refractivity contribution in [2.75, 3.05) is 0 Å². The molecule has 0 amide bonds. The summed E-state index contributed by atoms with van der Waals surface area (Å²) >= 11 is 0. The monoisotopic (exact) mass is 336 g/mol. The van der Waals surface area contributed by atoms with E-state index >= 15 is 0 Å². The second-order valence-corrected chi connectivity index (χ2v) is 12.9. The summed E-state index contributed by atoms with van der Waals surface area (Å²) in [5, 5.41) is 10.4. The van der Waals surface area contributed by atoms with Gasteiger partial charge in [-0.3, -0.25) is 0 Å². The minimum Gasteiger partial charge on any atom is -0.413 e. The van der Waals surface area contributed by atoms with E-state index in [1.165, 1.54) is 50.2 Å². The van der Waals surface area contributed by atoms with Gasteiger partial charge in [-0.25, -0.2) is 0 Å². The Hall–Kier alpha value is -0.123. The summed E-state index contributed by atoms with van der Waals surface area (Å²) in [5.41, 5.74) is 1.73. The van der Waals surface area contributed by atoms with Crippen LogP contribution in [0.2, 0.25) is 18.1 Å². The fourth-order valence-electron chi connectivity index (χ4n) is 5.61. The zero-order chi connectivity index (χ0) is 16.4. The molecule has 23 heavy (non-hydrogen) atoms. The first-order valence-electron chi connectivity index (χ1n) is 10.2. The highest BCUT2D eigenvalue weighted by atomic mass is 28.4. The Morgan fingerprint density at radius 2 is 1.74 bits per heavy atom. The Morgan fingerprint density at radius 1 is 1.04 bits per heavy atom. The molecule has 3 heteroatoms. The molecule has 0 heterocycles. The van der Waals surface area contributed by atoms with Crippen molar-refractivity contribution in [3.05, 3.63) is 11.6 Å². The lowest BCUT2D eigenvalue weighted by atomic mass is 9.62. The van der Waals surface area contributed by atoms with Gasteiger partial charge in [-0.2, -0.15) is 0 Å². The van der Waals surface area contributed by atoms with E-state index in [1.54, 1.807) is 5.57 Å². The van der Waals surface area contributed by atoms with Crippen LogP contribution in [-0.4, -0.2) is 25.6 Å². The molecular weight excluding hydrogens is 300 g/mol. The van der Waals surface area contributed by atoms with Gasteiger partial charge in [0, 0.05) is 5.92 Å². The van der Waals surface area contributed by atoms with Gasteiger partial charge in [0.25, 0.3) is 0 Å². The van der Waals surface area contributed by atoms with Crippen molar-refractivity contribution < 1.29 is 9.53 Å². The number of rotatable bonds is 5. The molecule has 4 bridgehead atoms. The maximum absolute atomic E-state index is 10.4. The predicted molar refractivity (Wildman–Crippen MR) is 98.9 cm³/mol. The van der Waals surface area contributed by atoms with Crippen molar-refractivity contribution in [2.45, 2.75) is 96.1 Å². The molecule has 0 aromatic heterocycles. The van der Waals surface area contributed by atoms with Gasteiger partial charge in [-0.05, 0) is 74.9 Å². The predicted octanol–water partition coefficient (Wildman–Crippen LogP) is 5.28. The summed E-state index contributed by atoms with van der Waals surface area (Å²) in [7, 11) is -1.54. The topological polar surface area (TPSA) is 29.5 Å². The SMILES string of the molecule is CC[Si](CC)(CC)O[C@H]1CC[C@H]2CC[C@H](O)C[C@H]3CCC=C2[C@@H]31. The van der Waals surface area contributed by atoms with Gasteiger partial charge in [0.05, 0.1) is 12.2 Å². The van der Waals surface area contributed by atoms with Gasteiger partial charge in [0.1, 0.15) is 0 Å². The van der Waals surface area contributed by atoms with Gasteiger partial charge in [0.2, 0.25) is 0 Å². The first-order chi connectivity index (χ1) is 11.1. The van der Waals surface area contributed by atoms with Crippen LogP contribution >= 0.6 is 0 Å². The van der Waals surface area contributed by atoms with E-state index in [9.17, 15) is 5.11 Å². The molecule has 1 N–H and O–H groups in total. The molecule has 2 nitrogen and oxygen atoms in total. The van der Waals surface area contributed by atoms with E-state index in [0.717, 1.165) is 18.8 Å². The third-order valence-corrected chi connectivity index (χ3v) is 11.9. The van der Waals surface area contributed by atoms with E-state index in [0.29, 0.717) is 17.9 Å². The average molecular weight is 337 g/mol. The molecule has 0 spiro atoms. The second kappa shape index (κ2) is 7.41. The Labute approximate surface area is 143 Å². The zero-order valence-electron chi connectivity index (χ0n) is 15.4. The Morgan fingerprint density at radius 3 is 2.43 bits per heavy atom. The van der Waals surface area contributed by atoms with Crippen LogP contribution in [0.5, 0.6) is 0 Å². The summed E-state index contributed by atoms with van der Waals surface area (Å²) in [4.78, 5) is 0. The quantitative estimate of drug-likeness (QED) is 0.546. The lowest BCUT2D eigenvalue weighted by Crippen LogP contribution is -2.48. The van der Waals surface area contributed by atoms with Gasteiger partial charge in [-0.15, -0.1) is 0 Å². The Balaban J connectivity index is 1.85. The van der Waals surface area contributed by atoms with Crippen LogP contribution in [0, 0.1) is 17.8 Å². The van der Waals surface area contributed by atoms with Crippen LogP contribution in [0.4, 0.5) is 0 Å². The van der Waals surface area contributed by atoms with Crippen LogP contribution in [0.15, 0.2) is 11.6 Å². The fraction of sp³-hybridized carbons (Fsp3) is 0.900. The van der Waals surface area contributed by atoms with Crippen molar-refractivity contribution in [3.63, 3.8) is 0 Å². The number of hydrogen-bond donors (Lipinski definition) is 1. The van der Waals surface area contributed by atoms with Crippen LogP contribution in [-0.2, 0) is 4.43 Å². The molecule has 3 aliphatic rings. The highest BCUT2D eigenvalue weighted by molar-refractivity contribution is 6.73. The largest absolute Gasteiger partial charge is 0.413 e. The third-order valence-electron chi connectivity index (χ3n) is 7.24. The van der Waals surface area contributed by atoms with Crippen LogP contribution < -0.4 is 0 Å². The highest BCUT2D eigenvalue weighted by Gasteiger charge is 2.45. The molecule has 2 fully saturated rings. The van der Waals surface area contributed by atoms with E-state index in [2.05, 4.69) is 26.8 Å². The maximum atomic E-state index is 10.4. The van der Waals surface area contributed by atoms with Gasteiger partial charge in [-0.1, -0.05) is 32.4 Å². The number of hydrogen-bond acceptors (Lipinski definition) is 2. The number of aliphatic hydroxyl groups is 1. The summed E-state index contributed by atoms with van der Waals surface area (Å²) in [6.45, 7) is 7.02. The van der Waals surface area contributed by atoms with Crippen LogP contribution in [0.25, 0.3) is 0 Å². The van der Waals surface area contributed by atoms with Crippen LogP contribution in [0.3, 0.4) is 0 Å². The highest BCUT2D eigenvalue weighted by Crippen LogP contribution is 2.50. The van der Waals surface area contributed by atoms with E-state index in [4.69, 9.17) is 4.43 Å². The minimum absolute atomic E-state index is 0.0751. The molecule has 0 unspecified atom stereocenters. The van der Waals surface area contributed by atoms with E-state index in [-0.39, 0.29) is 6.10 Å². The molecule has 0 aromatic rings. The van der Waals surface area contributed by atoms with Gasteiger partial charge >= 0.3 is 0 Å².